The van der Waals surface area contributed by atoms with Crippen molar-refractivity contribution in [2.24, 2.45) is 11.1 Å². The maximum Gasteiger partial charge on any atom is 0.490 e. The second-order valence-corrected chi connectivity index (χ2v) is 7.50. The van der Waals surface area contributed by atoms with E-state index in [4.69, 9.17) is 31.7 Å². The van der Waals surface area contributed by atoms with Gasteiger partial charge in [0, 0.05) is 24.2 Å². The van der Waals surface area contributed by atoms with E-state index >= 15 is 0 Å². The number of halogens is 4. The number of alkyl halides is 3. The Morgan fingerprint density at radius 1 is 1.33 bits per heavy atom. The molecule has 27 heavy (non-hydrogen) atoms. The number of hydrogen-bond donors (Lipinski definition) is 2. The Kier molecular flexibility index (Phi) is 5.27. The minimum absolute atomic E-state index is 0.424. The molecule has 3 N–H and O–H groups in total. The lowest BCUT2D eigenvalue weighted by molar-refractivity contribution is -0.192. The van der Waals surface area contributed by atoms with Crippen LogP contribution in [0, 0.1) is 5.41 Å². The summed E-state index contributed by atoms with van der Waals surface area (Å²) in [5.41, 5.74) is 8.08. The maximum atomic E-state index is 10.6. The predicted molar refractivity (Wildman–Crippen MR) is 93.8 cm³/mol. The number of carboxylic acid groups (broad SMARTS) is 1. The van der Waals surface area contributed by atoms with Crippen LogP contribution in [0.4, 0.5) is 19.2 Å². The minimum Gasteiger partial charge on any atom is -0.475 e. The second-order valence-electron chi connectivity index (χ2n) is 7.07. The Morgan fingerprint density at radius 2 is 1.93 bits per heavy atom. The monoisotopic (exact) mass is 405 g/mol. The molecule has 0 radical (unpaired) electrons. The maximum absolute atomic E-state index is 10.6. The lowest BCUT2D eigenvalue weighted by Gasteiger charge is -2.50. The van der Waals surface area contributed by atoms with E-state index in [0.717, 1.165) is 30.2 Å². The van der Waals surface area contributed by atoms with Crippen LogP contribution in [0.25, 0.3) is 11.1 Å². The average molecular weight is 406 g/mol. The highest BCUT2D eigenvalue weighted by molar-refractivity contribution is 6.31. The fourth-order valence-electron chi connectivity index (χ4n) is 3.66. The second kappa shape index (κ2) is 7.20. The summed E-state index contributed by atoms with van der Waals surface area (Å²) in [4.78, 5) is 15.7. The zero-order valence-corrected chi connectivity index (χ0v) is 15.1. The zero-order valence-electron chi connectivity index (χ0n) is 14.3. The van der Waals surface area contributed by atoms with Crippen LogP contribution in [0.3, 0.4) is 0 Å². The molecule has 1 aromatic heterocycles. The number of carbonyl (C=O) groups is 1. The Labute approximate surface area is 158 Å². The van der Waals surface area contributed by atoms with Crippen LogP contribution in [-0.4, -0.2) is 41.4 Å². The van der Waals surface area contributed by atoms with E-state index in [1.165, 1.54) is 25.7 Å². The molecule has 1 aliphatic carbocycles. The third-order valence-electron chi connectivity index (χ3n) is 5.07. The van der Waals surface area contributed by atoms with Crippen molar-refractivity contribution in [1.82, 2.24) is 4.98 Å². The van der Waals surface area contributed by atoms with E-state index in [2.05, 4.69) is 9.88 Å². The van der Waals surface area contributed by atoms with Crippen LogP contribution < -0.4 is 10.6 Å². The summed E-state index contributed by atoms with van der Waals surface area (Å²) in [5.74, 6) is -2.76. The van der Waals surface area contributed by atoms with Crippen LogP contribution >= 0.6 is 11.6 Å². The predicted octanol–water partition coefficient (Wildman–Crippen LogP) is 3.82. The van der Waals surface area contributed by atoms with Gasteiger partial charge >= 0.3 is 12.1 Å². The molecule has 148 valence electrons. The first kappa shape index (κ1) is 19.8. The number of piperidine rings is 1. The molecule has 2 aliphatic rings. The SMILES string of the molecule is NC1CC2(CCN(c3nc4cc(Cl)ccc4o3)CC2)C1.O=C(O)C(F)(F)F. The molecular weight excluding hydrogens is 387 g/mol. The Morgan fingerprint density at radius 3 is 2.44 bits per heavy atom. The van der Waals surface area contributed by atoms with Crippen LogP contribution in [-0.2, 0) is 4.79 Å². The van der Waals surface area contributed by atoms with Gasteiger partial charge in [0.15, 0.2) is 5.58 Å². The molecule has 2 heterocycles. The molecule has 2 fully saturated rings. The molecule has 1 aromatic carbocycles. The van der Waals surface area contributed by atoms with Crippen LogP contribution in [0.2, 0.25) is 5.02 Å². The number of nitrogens with two attached hydrogens (primary N) is 1. The van der Waals surface area contributed by atoms with Crippen LogP contribution in [0.5, 0.6) is 0 Å². The molecule has 1 saturated carbocycles. The molecule has 2 aromatic rings. The molecule has 0 amide bonds. The topological polar surface area (TPSA) is 92.6 Å². The highest BCUT2D eigenvalue weighted by Gasteiger charge is 2.44. The number of rotatable bonds is 1. The first-order valence-corrected chi connectivity index (χ1v) is 8.83. The van der Waals surface area contributed by atoms with Gasteiger partial charge in [-0.3, -0.25) is 0 Å². The molecule has 0 unspecified atom stereocenters. The molecule has 10 heteroatoms. The van der Waals surface area contributed by atoms with Gasteiger partial charge in [0.1, 0.15) is 5.52 Å². The summed E-state index contributed by atoms with van der Waals surface area (Å²) < 4.78 is 37.6. The van der Waals surface area contributed by atoms with Gasteiger partial charge < -0.3 is 20.2 Å². The number of fused-ring (bicyclic) bond motifs is 1. The smallest absolute Gasteiger partial charge is 0.475 e. The molecule has 4 rings (SSSR count). The summed E-state index contributed by atoms with van der Waals surface area (Å²) in [6.45, 7) is 2.01. The van der Waals surface area contributed by atoms with Crippen molar-refractivity contribution >= 4 is 34.7 Å². The van der Waals surface area contributed by atoms with Crippen molar-refractivity contribution in [2.45, 2.75) is 37.9 Å². The number of hydrogen-bond acceptors (Lipinski definition) is 5. The van der Waals surface area contributed by atoms with Gasteiger partial charge in [0.2, 0.25) is 0 Å². The third kappa shape index (κ3) is 4.47. The van der Waals surface area contributed by atoms with Crippen molar-refractivity contribution in [2.75, 3.05) is 18.0 Å². The van der Waals surface area contributed by atoms with Gasteiger partial charge in [-0.25, -0.2) is 4.79 Å². The average Bonchev–Trinajstić information content (AvgIpc) is 2.97. The summed E-state index contributed by atoms with van der Waals surface area (Å²) in [6.07, 6.45) is -0.325. The van der Waals surface area contributed by atoms with Crippen molar-refractivity contribution in [3.05, 3.63) is 23.2 Å². The Bertz CT molecular complexity index is 824. The normalized spacial score (nSPS) is 19.5. The van der Waals surface area contributed by atoms with Crippen LogP contribution in [0.15, 0.2) is 22.6 Å². The van der Waals surface area contributed by atoms with Gasteiger partial charge in [-0.05, 0) is 49.3 Å². The van der Waals surface area contributed by atoms with Crippen molar-refractivity contribution < 1.29 is 27.5 Å². The number of aliphatic carboxylic acids is 1. The molecule has 1 spiro atoms. The fraction of sp³-hybridized carbons (Fsp3) is 0.529. The zero-order chi connectivity index (χ0) is 19.8. The Hall–Kier alpha value is -2.00. The molecule has 1 aliphatic heterocycles. The molecule has 0 atom stereocenters. The highest BCUT2D eigenvalue weighted by Crippen LogP contribution is 2.48. The lowest BCUT2D eigenvalue weighted by atomic mass is 9.61. The summed E-state index contributed by atoms with van der Waals surface area (Å²) >= 11 is 5.98. The van der Waals surface area contributed by atoms with Crippen molar-refractivity contribution in [3.63, 3.8) is 0 Å². The van der Waals surface area contributed by atoms with Gasteiger partial charge in [-0.2, -0.15) is 18.2 Å². The number of benzene rings is 1. The third-order valence-corrected chi connectivity index (χ3v) is 5.30. The minimum atomic E-state index is -5.08. The summed E-state index contributed by atoms with van der Waals surface area (Å²) in [7, 11) is 0. The molecule has 0 bridgehead atoms. The lowest BCUT2D eigenvalue weighted by Crippen LogP contribution is -2.52. The fourth-order valence-corrected chi connectivity index (χ4v) is 3.82. The van der Waals surface area contributed by atoms with Gasteiger partial charge in [-0.15, -0.1) is 0 Å². The number of aromatic nitrogens is 1. The summed E-state index contributed by atoms with van der Waals surface area (Å²) in [6, 6.07) is 6.71. The number of anilines is 1. The van der Waals surface area contributed by atoms with E-state index < -0.39 is 12.1 Å². The van der Waals surface area contributed by atoms with E-state index in [1.54, 1.807) is 0 Å². The number of oxazole rings is 1. The molecule has 1 saturated heterocycles. The standard InChI is InChI=1S/C15H18ClN3O.C2HF3O2/c16-10-1-2-13-12(7-10)18-14(20-13)19-5-3-15(4-6-19)8-11(17)9-15;3-2(4,5)1(6)7/h1-2,7,11H,3-6,8-9,17H2;(H,6,7). The first-order valence-electron chi connectivity index (χ1n) is 8.45. The Balaban J connectivity index is 0.000000260. The van der Waals surface area contributed by atoms with E-state index in [0.29, 0.717) is 16.5 Å². The van der Waals surface area contributed by atoms with Crippen molar-refractivity contribution in [1.29, 1.82) is 0 Å². The molecular formula is C17H19ClF3N3O3. The van der Waals surface area contributed by atoms with Crippen molar-refractivity contribution in [3.8, 4) is 0 Å². The van der Waals surface area contributed by atoms with Gasteiger partial charge in [-0.1, -0.05) is 11.6 Å². The quantitative estimate of drug-likeness (QED) is 0.749. The van der Waals surface area contributed by atoms with E-state index in [1.807, 2.05) is 18.2 Å². The van der Waals surface area contributed by atoms with Gasteiger partial charge in [0.05, 0.1) is 0 Å². The van der Waals surface area contributed by atoms with E-state index in [-0.39, 0.29) is 0 Å². The highest BCUT2D eigenvalue weighted by atomic mass is 35.5. The molecule has 6 nitrogen and oxygen atoms in total. The first-order chi connectivity index (χ1) is 12.6. The number of nitrogens with zero attached hydrogens (tertiary/aromatic N) is 2. The summed E-state index contributed by atoms with van der Waals surface area (Å²) in [5, 5.41) is 7.82. The van der Waals surface area contributed by atoms with Gasteiger partial charge in [0.25, 0.3) is 6.01 Å². The van der Waals surface area contributed by atoms with E-state index in [9.17, 15) is 13.2 Å². The number of carboxylic acids is 1. The van der Waals surface area contributed by atoms with Crippen LogP contribution in [0.1, 0.15) is 25.7 Å². The largest absolute Gasteiger partial charge is 0.490 e.